The average molecular weight is 330 g/mol. The molecule has 1 aliphatic carbocycles. The third-order valence-electron chi connectivity index (χ3n) is 5.55. The monoisotopic (exact) mass is 330 g/mol. The Balaban J connectivity index is 1.72. The maximum Gasteiger partial charge on any atom is 0.311 e. The Labute approximate surface area is 143 Å². The molecule has 5 heteroatoms. The van der Waals surface area contributed by atoms with E-state index in [1.54, 1.807) is 0 Å². The Kier molecular flexibility index (Phi) is 4.63. The summed E-state index contributed by atoms with van der Waals surface area (Å²) < 4.78 is 0. The lowest BCUT2D eigenvalue weighted by atomic mass is 9.81. The van der Waals surface area contributed by atoms with Gasteiger partial charge < -0.3 is 10.0 Å². The smallest absolute Gasteiger partial charge is 0.311 e. The lowest BCUT2D eigenvalue weighted by molar-refractivity contribution is -0.149. The summed E-state index contributed by atoms with van der Waals surface area (Å²) in [5.41, 5.74) is 0.264. The standard InChI is InChI=1S/C19H26N2O3/c1-14(2)21(16-8-4-3-5-9-16)17(22)12-20-11-15-7-6-10-19(15,13-20)18(23)24/h3-5,8-9,14-15H,6-7,10-13H2,1-2H3,(H,23,24)/t15-,19+/m0/s1. The van der Waals surface area contributed by atoms with E-state index in [-0.39, 0.29) is 17.9 Å². The van der Waals surface area contributed by atoms with Crippen molar-refractivity contribution in [3.63, 3.8) is 0 Å². The van der Waals surface area contributed by atoms with E-state index in [4.69, 9.17) is 0 Å². The number of hydrogen-bond acceptors (Lipinski definition) is 3. The fraction of sp³-hybridized carbons (Fsp3) is 0.579. The van der Waals surface area contributed by atoms with Crippen LogP contribution in [0.25, 0.3) is 0 Å². The number of nitrogens with zero attached hydrogens (tertiary/aromatic N) is 2. The van der Waals surface area contributed by atoms with E-state index in [0.717, 1.165) is 31.5 Å². The predicted molar refractivity (Wildman–Crippen MR) is 92.9 cm³/mol. The molecule has 0 spiro atoms. The van der Waals surface area contributed by atoms with Crippen LogP contribution in [0.2, 0.25) is 0 Å². The summed E-state index contributed by atoms with van der Waals surface area (Å²) in [6, 6.07) is 9.74. The lowest BCUT2D eigenvalue weighted by Crippen LogP contribution is -2.44. The summed E-state index contributed by atoms with van der Waals surface area (Å²) in [5.74, 6) is -0.465. The van der Waals surface area contributed by atoms with Gasteiger partial charge in [-0.2, -0.15) is 0 Å². The van der Waals surface area contributed by atoms with Gasteiger partial charge in [-0.3, -0.25) is 14.5 Å². The first-order valence-corrected chi connectivity index (χ1v) is 8.77. The van der Waals surface area contributed by atoms with Crippen molar-refractivity contribution < 1.29 is 14.7 Å². The minimum atomic E-state index is -0.691. The van der Waals surface area contributed by atoms with Gasteiger partial charge in [-0.25, -0.2) is 0 Å². The van der Waals surface area contributed by atoms with E-state index >= 15 is 0 Å². The molecule has 0 unspecified atom stereocenters. The molecule has 0 bridgehead atoms. The van der Waals surface area contributed by atoms with E-state index in [9.17, 15) is 14.7 Å². The van der Waals surface area contributed by atoms with Crippen molar-refractivity contribution in [2.45, 2.75) is 39.2 Å². The van der Waals surface area contributed by atoms with Gasteiger partial charge in [0.2, 0.25) is 5.91 Å². The molecule has 1 heterocycles. The molecular weight excluding hydrogens is 304 g/mol. The number of likely N-dealkylation sites (tertiary alicyclic amines) is 1. The van der Waals surface area contributed by atoms with Crippen molar-refractivity contribution in [2.24, 2.45) is 11.3 Å². The summed E-state index contributed by atoms with van der Waals surface area (Å²) in [5, 5.41) is 9.68. The van der Waals surface area contributed by atoms with E-state index in [1.165, 1.54) is 0 Å². The highest BCUT2D eigenvalue weighted by Crippen LogP contribution is 2.48. The topological polar surface area (TPSA) is 60.9 Å². The molecule has 2 fully saturated rings. The third-order valence-corrected chi connectivity index (χ3v) is 5.55. The maximum absolute atomic E-state index is 12.9. The van der Waals surface area contributed by atoms with Crippen LogP contribution in [-0.4, -0.2) is 47.6 Å². The zero-order chi connectivity index (χ0) is 17.3. The quantitative estimate of drug-likeness (QED) is 0.901. The Morgan fingerprint density at radius 2 is 2.04 bits per heavy atom. The summed E-state index contributed by atoms with van der Waals surface area (Å²) in [6.45, 7) is 5.52. The van der Waals surface area contributed by atoms with E-state index in [2.05, 4.69) is 0 Å². The highest BCUT2D eigenvalue weighted by Gasteiger charge is 2.54. The number of aliphatic carboxylic acids is 1. The SMILES string of the molecule is CC(C)N(C(=O)CN1C[C@@H]2CCC[C@@]2(C(=O)O)C1)c1ccccc1. The molecule has 1 amide bonds. The fourth-order valence-electron chi connectivity index (χ4n) is 4.45. The second-order valence-electron chi connectivity index (χ2n) is 7.41. The molecule has 1 aromatic rings. The first kappa shape index (κ1) is 17.0. The van der Waals surface area contributed by atoms with Crippen LogP contribution in [0.4, 0.5) is 5.69 Å². The number of fused-ring (bicyclic) bond motifs is 1. The summed E-state index contributed by atoms with van der Waals surface area (Å²) in [6.07, 6.45) is 2.69. The molecule has 1 aromatic carbocycles. The molecule has 24 heavy (non-hydrogen) atoms. The van der Waals surface area contributed by atoms with Gasteiger partial charge in [0.15, 0.2) is 0 Å². The molecule has 2 aliphatic rings. The van der Waals surface area contributed by atoms with Gasteiger partial charge in [-0.1, -0.05) is 24.6 Å². The molecule has 1 N–H and O–H groups in total. The molecular formula is C19H26N2O3. The van der Waals surface area contributed by atoms with Crippen molar-refractivity contribution in [2.75, 3.05) is 24.5 Å². The van der Waals surface area contributed by atoms with Crippen LogP contribution < -0.4 is 4.90 Å². The second-order valence-corrected chi connectivity index (χ2v) is 7.41. The van der Waals surface area contributed by atoms with Gasteiger partial charge in [0, 0.05) is 24.8 Å². The van der Waals surface area contributed by atoms with Crippen LogP contribution in [-0.2, 0) is 9.59 Å². The summed E-state index contributed by atoms with van der Waals surface area (Å²) in [4.78, 5) is 28.5. The molecule has 1 saturated heterocycles. The number of carbonyl (C=O) groups is 2. The van der Waals surface area contributed by atoms with Crippen molar-refractivity contribution >= 4 is 17.6 Å². The molecule has 5 nitrogen and oxygen atoms in total. The largest absolute Gasteiger partial charge is 0.481 e. The van der Waals surface area contributed by atoms with E-state index < -0.39 is 11.4 Å². The van der Waals surface area contributed by atoms with E-state index in [0.29, 0.717) is 13.1 Å². The van der Waals surface area contributed by atoms with Gasteiger partial charge >= 0.3 is 5.97 Å². The summed E-state index contributed by atoms with van der Waals surface area (Å²) >= 11 is 0. The Morgan fingerprint density at radius 3 is 2.62 bits per heavy atom. The maximum atomic E-state index is 12.9. The number of benzene rings is 1. The Hall–Kier alpha value is -1.88. The van der Waals surface area contributed by atoms with Crippen molar-refractivity contribution in [3.8, 4) is 0 Å². The van der Waals surface area contributed by atoms with Crippen LogP contribution in [0.15, 0.2) is 30.3 Å². The van der Waals surface area contributed by atoms with Crippen LogP contribution >= 0.6 is 0 Å². The fourth-order valence-corrected chi connectivity index (χ4v) is 4.45. The Morgan fingerprint density at radius 1 is 1.33 bits per heavy atom. The first-order valence-electron chi connectivity index (χ1n) is 8.77. The van der Waals surface area contributed by atoms with Crippen LogP contribution in [0.5, 0.6) is 0 Å². The molecule has 0 aromatic heterocycles. The highest BCUT2D eigenvalue weighted by atomic mass is 16.4. The molecule has 1 saturated carbocycles. The third kappa shape index (κ3) is 2.93. The first-order chi connectivity index (χ1) is 11.4. The van der Waals surface area contributed by atoms with Gasteiger partial charge in [-0.05, 0) is 44.7 Å². The number of hydrogen-bond donors (Lipinski definition) is 1. The van der Waals surface area contributed by atoms with Gasteiger partial charge in [-0.15, -0.1) is 0 Å². The number of carboxylic acids is 1. The van der Waals surface area contributed by atoms with Gasteiger partial charge in [0.1, 0.15) is 0 Å². The number of anilines is 1. The molecule has 130 valence electrons. The summed E-state index contributed by atoms with van der Waals surface area (Å²) in [7, 11) is 0. The average Bonchev–Trinajstić information content (AvgIpc) is 3.05. The van der Waals surface area contributed by atoms with E-state index in [1.807, 2.05) is 54.0 Å². The number of para-hydroxylation sites is 1. The number of carboxylic acid groups (broad SMARTS) is 1. The predicted octanol–water partition coefficient (Wildman–Crippen LogP) is 2.61. The zero-order valence-corrected chi connectivity index (χ0v) is 14.4. The highest BCUT2D eigenvalue weighted by molar-refractivity contribution is 5.95. The minimum absolute atomic E-state index is 0.0386. The molecule has 0 radical (unpaired) electrons. The van der Waals surface area contributed by atoms with Gasteiger partial charge in [0.25, 0.3) is 0 Å². The van der Waals surface area contributed by atoms with Gasteiger partial charge in [0.05, 0.1) is 12.0 Å². The molecule has 2 atom stereocenters. The zero-order valence-electron chi connectivity index (χ0n) is 14.4. The van der Waals surface area contributed by atoms with Crippen molar-refractivity contribution in [1.82, 2.24) is 4.90 Å². The van der Waals surface area contributed by atoms with Crippen molar-refractivity contribution in [1.29, 1.82) is 0 Å². The number of amides is 1. The number of carbonyl (C=O) groups excluding carboxylic acids is 1. The normalized spacial score (nSPS) is 26.5. The second kappa shape index (κ2) is 6.55. The molecule has 3 rings (SSSR count). The van der Waals surface area contributed by atoms with Crippen LogP contribution in [0.3, 0.4) is 0 Å². The minimum Gasteiger partial charge on any atom is -0.481 e. The lowest BCUT2D eigenvalue weighted by Gasteiger charge is -2.29. The molecule has 1 aliphatic heterocycles. The number of rotatable bonds is 5. The van der Waals surface area contributed by atoms with Crippen LogP contribution in [0.1, 0.15) is 33.1 Å². The van der Waals surface area contributed by atoms with Crippen LogP contribution in [0, 0.1) is 11.3 Å². The Bertz CT molecular complexity index is 616. The van der Waals surface area contributed by atoms with Crippen molar-refractivity contribution in [3.05, 3.63) is 30.3 Å².